The summed E-state index contributed by atoms with van der Waals surface area (Å²) in [6.07, 6.45) is 2.46. The molecule has 0 amide bonds. The lowest BCUT2D eigenvalue weighted by atomic mass is 10.1. The van der Waals surface area contributed by atoms with E-state index in [0.29, 0.717) is 12.0 Å². The van der Waals surface area contributed by atoms with Crippen LogP contribution < -0.4 is 0 Å². The number of thiophene rings is 1. The molecule has 0 aliphatic rings. The second-order valence-corrected chi connectivity index (χ2v) is 4.46. The zero-order valence-corrected chi connectivity index (χ0v) is 9.59. The van der Waals surface area contributed by atoms with Gasteiger partial charge in [0.25, 0.3) is 0 Å². The van der Waals surface area contributed by atoms with Gasteiger partial charge >= 0.3 is 0 Å². The molecule has 0 aliphatic carbocycles. The number of halogens is 1. The van der Waals surface area contributed by atoms with Crippen LogP contribution in [0.3, 0.4) is 0 Å². The highest BCUT2D eigenvalue weighted by Crippen LogP contribution is 2.27. The van der Waals surface area contributed by atoms with Crippen molar-refractivity contribution in [1.29, 1.82) is 0 Å². The van der Waals surface area contributed by atoms with Crippen molar-refractivity contribution in [3.8, 4) is 0 Å². The molecule has 2 heterocycles. The van der Waals surface area contributed by atoms with Crippen LogP contribution >= 0.6 is 22.9 Å². The Morgan fingerprint density at radius 2 is 2.33 bits per heavy atom. The molecular formula is C11H11ClO2S. The summed E-state index contributed by atoms with van der Waals surface area (Å²) in [5, 5.41) is 14.3. The average molecular weight is 243 g/mol. The van der Waals surface area contributed by atoms with Gasteiger partial charge in [0.1, 0.15) is 0 Å². The summed E-state index contributed by atoms with van der Waals surface area (Å²) in [5.41, 5.74) is 1.92. The van der Waals surface area contributed by atoms with Gasteiger partial charge in [-0.15, -0.1) is 0 Å². The van der Waals surface area contributed by atoms with Gasteiger partial charge in [0.2, 0.25) is 0 Å². The van der Waals surface area contributed by atoms with Crippen LogP contribution in [0.5, 0.6) is 0 Å². The number of furan rings is 1. The third-order valence-electron chi connectivity index (χ3n) is 2.29. The maximum absolute atomic E-state index is 9.85. The Morgan fingerprint density at radius 1 is 1.47 bits per heavy atom. The molecule has 0 radical (unpaired) electrons. The topological polar surface area (TPSA) is 33.4 Å². The standard InChI is InChI=1S/C11H11ClO2S/c12-11-9(3-5-14-11)10(13)2-1-8-4-6-15-7-8/h3-7,10,13H,1-2H2. The van der Waals surface area contributed by atoms with Crippen molar-refractivity contribution in [3.63, 3.8) is 0 Å². The van der Waals surface area contributed by atoms with Gasteiger partial charge in [0.05, 0.1) is 12.4 Å². The highest BCUT2D eigenvalue weighted by Gasteiger charge is 2.13. The minimum Gasteiger partial charge on any atom is -0.453 e. The maximum atomic E-state index is 9.85. The largest absolute Gasteiger partial charge is 0.453 e. The summed E-state index contributed by atoms with van der Waals surface area (Å²) in [7, 11) is 0. The number of aliphatic hydroxyl groups excluding tert-OH is 1. The van der Waals surface area contributed by atoms with Gasteiger partial charge in [-0.25, -0.2) is 0 Å². The zero-order chi connectivity index (χ0) is 10.7. The molecule has 0 saturated carbocycles. The maximum Gasteiger partial charge on any atom is 0.198 e. The van der Waals surface area contributed by atoms with Crippen LogP contribution in [0, 0.1) is 0 Å². The minimum absolute atomic E-state index is 0.285. The quantitative estimate of drug-likeness (QED) is 0.888. The number of hydrogen-bond donors (Lipinski definition) is 1. The van der Waals surface area contributed by atoms with Gasteiger partial charge in [0, 0.05) is 5.56 Å². The molecule has 0 fully saturated rings. The second kappa shape index (κ2) is 4.84. The molecule has 1 N–H and O–H groups in total. The van der Waals surface area contributed by atoms with E-state index in [4.69, 9.17) is 16.0 Å². The third kappa shape index (κ3) is 2.62. The number of aryl methyl sites for hydroxylation is 1. The van der Waals surface area contributed by atoms with Crippen LogP contribution in [0.2, 0.25) is 5.22 Å². The lowest BCUT2D eigenvalue weighted by Gasteiger charge is -2.07. The molecule has 0 bridgehead atoms. The first-order valence-corrected chi connectivity index (χ1v) is 6.01. The normalized spacial score (nSPS) is 12.9. The highest BCUT2D eigenvalue weighted by molar-refractivity contribution is 7.07. The van der Waals surface area contributed by atoms with Crippen LogP contribution in [0.4, 0.5) is 0 Å². The van der Waals surface area contributed by atoms with Crippen molar-refractivity contribution in [1.82, 2.24) is 0 Å². The van der Waals surface area contributed by atoms with E-state index < -0.39 is 6.10 Å². The fourth-order valence-corrected chi connectivity index (χ4v) is 2.38. The van der Waals surface area contributed by atoms with Gasteiger partial charge in [-0.05, 0) is 52.9 Å². The molecule has 0 aromatic carbocycles. The molecule has 1 unspecified atom stereocenters. The number of aliphatic hydroxyl groups is 1. The molecule has 2 aromatic rings. The minimum atomic E-state index is -0.545. The molecule has 0 saturated heterocycles. The van der Waals surface area contributed by atoms with Crippen LogP contribution in [-0.4, -0.2) is 5.11 Å². The Labute approximate surface area is 97.1 Å². The van der Waals surface area contributed by atoms with Crippen molar-refractivity contribution < 1.29 is 9.52 Å². The SMILES string of the molecule is OC(CCc1ccsc1)c1ccoc1Cl. The fraction of sp³-hybridized carbons (Fsp3) is 0.273. The Morgan fingerprint density at radius 3 is 2.93 bits per heavy atom. The fourth-order valence-electron chi connectivity index (χ4n) is 1.44. The average Bonchev–Trinajstić information content (AvgIpc) is 2.84. The van der Waals surface area contributed by atoms with Crippen LogP contribution in [0.25, 0.3) is 0 Å². The van der Waals surface area contributed by atoms with Crippen LogP contribution in [-0.2, 0) is 6.42 Å². The van der Waals surface area contributed by atoms with Gasteiger partial charge < -0.3 is 9.52 Å². The van der Waals surface area contributed by atoms with Gasteiger partial charge in [-0.3, -0.25) is 0 Å². The van der Waals surface area contributed by atoms with Gasteiger partial charge in [-0.1, -0.05) is 0 Å². The van der Waals surface area contributed by atoms with E-state index in [1.807, 2.05) is 5.38 Å². The summed E-state index contributed by atoms with van der Waals surface area (Å²) in [4.78, 5) is 0. The summed E-state index contributed by atoms with van der Waals surface area (Å²) >= 11 is 7.44. The zero-order valence-electron chi connectivity index (χ0n) is 8.02. The summed E-state index contributed by atoms with van der Waals surface area (Å²) in [6.45, 7) is 0. The lowest BCUT2D eigenvalue weighted by molar-refractivity contribution is 0.167. The molecule has 1 atom stereocenters. The van der Waals surface area contributed by atoms with Crippen LogP contribution in [0.15, 0.2) is 33.6 Å². The first-order chi connectivity index (χ1) is 7.27. The summed E-state index contributed by atoms with van der Waals surface area (Å²) in [6, 6.07) is 3.77. The highest BCUT2D eigenvalue weighted by atomic mass is 35.5. The van der Waals surface area contributed by atoms with Crippen molar-refractivity contribution in [2.24, 2.45) is 0 Å². The van der Waals surface area contributed by atoms with Crippen LogP contribution in [0.1, 0.15) is 23.7 Å². The second-order valence-electron chi connectivity index (χ2n) is 3.34. The van der Waals surface area contributed by atoms with E-state index >= 15 is 0 Å². The molecular weight excluding hydrogens is 232 g/mol. The van der Waals surface area contributed by atoms with Crippen molar-refractivity contribution in [2.45, 2.75) is 18.9 Å². The summed E-state index contributed by atoms with van der Waals surface area (Å²) in [5.74, 6) is 0. The predicted molar refractivity (Wildman–Crippen MR) is 61.3 cm³/mol. The molecule has 2 aromatic heterocycles. The molecule has 0 aliphatic heterocycles. The summed E-state index contributed by atoms with van der Waals surface area (Å²) < 4.78 is 4.93. The number of rotatable bonds is 4. The molecule has 15 heavy (non-hydrogen) atoms. The van der Waals surface area contributed by atoms with E-state index in [2.05, 4.69) is 11.4 Å². The van der Waals surface area contributed by atoms with E-state index in [9.17, 15) is 5.11 Å². The molecule has 2 rings (SSSR count). The monoisotopic (exact) mass is 242 g/mol. The first kappa shape index (κ1) is 10.7. The third-order valence-corrected chi connectivity index (χ3v) is 3.33. The van der Waals surface area contributed by atoms with E-state index in [1.165, 1.54) is 11.8 Å². The van der Waals surface area contributed by atoms with E-state index in [0.717, 1.165) is 6.42 Å². The molecule has 80 valence electrons. The Hall–Kier alpha value is -0.770. The molecule has 2 nitrogen and oxygen atoms in total. The van der Waals surface area contributed by atoms with Gasteiger partial charge in [0.15, 0.2) is 5.22 Å². The van der Waals surface area contributed by atoms with E-state index in [1.54, 1.807) is 17.4 Å². The Bertz CT molecular complexity index is 408. The predicted octanol–water partition coefficient (Wildman–Crippen LogP) is 3.66. The van der Waals surface area contributed by atoms with Gasteiger partial charge in [-0.2, -0.15) is 11.3 Å². The number of hydrogen-bond acceptors (Lipinski definition) is 3. The van der Waals surface area contributed by atoms with Crippen molar-refractivity contribution in [2.75, 3.05) is 0 Å². The van der Waals surface area contributed by atoms with Crippen molar-refractivity contribution >= 4 is 22.9 Å². The Balaban J connectivity index is 1.93. The van der Waals surface area contributed by atoms with Crippen molar-refractivity contribution in [3.05, 3.63) is 45.5 Å². The smallest absolute Gasteiger partial charge is 0.198 e. The first-order valence-electron chi connectivity index (χ1n) is 4.69. The molecule has 0 spiro atoms. The lowest BCUT2D eigenvalue weighted by Crippen LogP contribution is -1.98. The molecule has 4 heteroatoms. The Kier molecular flexibility index (Phi) is 3.46. The van der Waals surface area contributed by atoms with E-state index in [-0.39, 0.29) is 5.22 Å².